The van der Waals surface area contributed by atoms with Gasteiger partial charge in [0, 0.05) is 24.9 Å². The minimum atomic E-state index is -0.666. The molecule has 0 spiro atoms. The Balaban J connectivity index is 2.23. The van der Waals surface area contributed by atoms with Gasteiger partial charge < -0.3 is 9.67 Å². The summed E-state index contributed by atoms with van der Waals surface area (Å²) in [5.41, 5.74) is 0. The molecule has 1 saturated carbocycles. The normalized spacial score (nSPS) is 24.8. The fourth-order valence-electron chi connectivity index (χ4n) is 2.81. The third-order valence-electron chi connectivity index (χ3n) is 3.63. The van der Waals surface area contributed by atoms with Crippen molar-refractivity contribution >= 4 is 5.97 Å². The number of carboxylic acid groups (broad SMARTS) is 1. The molecule has 1 fully saturated rings. The molecule has 0 aromatic carbocycles. The molecule has 1 aromatic rings. The Labute approximate surface area is 102 Å². The van der Waals surface area contributed by atoms with Crippen LogP contribution in [0.2, 0.25) is 0 Å². The molecule has 0 saturated heterocycles. The van der Waals surface area contributed by atoms with E-state index in [1.165, 1.54) is 0 Å². The molecule has 1 aliphatic carbocycles. The second kappa shape index (κ2) is 5.34. The van der Waals surface area contributed by atoms with Gasteiger partial charge in [0.1, 0.15) is 5.82 Å². The van der Waals surface area contributed by atoms with E-state index in [0.29, 0.717) is 0 Å². The van der Waals surface area contributed by atoms with Crippen LogP contribution in [0.1, 0.15) is 50.8 Å². The van der Waals surface area contributed by atoms with E-state index in [2.05, 4.69) is 16.5 Å². The molecule has 94 valence electrons. The van der Waals surface area contributed by atoms with Gasteiger partial charge in [0.15, 0.2) is 0 Å². The summed E-state index contributed by atoms with van der Waals surface area (Å²) in [6.07, 6.45) is 8.70. The number of nitrogens with zero attached hydrogens (tertiary/aromatic N) is 2. The zero-order valence-corrected chi connectivity index (χ0v) is 10.3. The molecule has 2 atom stereocenters. The summed E-state index contributed by atoms with van der Waals surface area (Å²) < 4.78 is 2.12. The van der Waals surface area contributed by atoms with Gasteiger partial charge in [-0.2, -0.15) is 0 Å². The number of rotatable bonds is 4. The second-order valence-electron chi connectivity index (χ2n) is 4.81. The highest BCUT2D eigenvalue weighted by Gasteiger charge is 2.34. The largest absolute Gasteiger partial charge is 0.481 e. The summed E-state index contributed by atoms with van der Waals surface area (Å²) in [5.74, 6) is 0.157. The van der Waals surface area contributed by atoms with Crippen LogP contribution in [0.15, 0.2) is 12.4 Å². The number of imidazole rings is 1. The number of aromatic nitrogens is 2. The molecule has 4 heteroatoms. The van der Waals surface area contributed by atoms with E-state index in [9.17, 15) is 9.90 Å². The van der Waals surface area contributed by atoms with Crippen molar-refractivity contribution in [3.05, 3.63) is 18.2 Å². The molecule has 2 unspecified atom stereocenters. The summed E-state index contributed by atoms with van der Waals surface area (Å²) >= 11 is 0. The van der Waals surface area contributed by atoms with E-state index >= 15 is 0 Å². The van der Waals surface area contributed by atoms with Crippen LogP contribution in [0, 0.1) is 5.92 Å². The van der Waals surface area contributed by atoms with Crippen LogP contribution in [-0.2, 0) is 11.3 Å². The fraction of sp³-hybridized carbons (Fsp3) is 0.692. The number of hydrogen-bond acceptors (Lipinski definition) is 2. The molecule has 2 rings (SSSR count). The van der Waals surface area contributed by atoms with E-state index in [1.807, 2.05) is 6.20 Å². The number of aryl methyl sites for hydroxylation is 1. The molecular weight excluding hydrogens is 216 g/mol. The summed E-state index contributed by atoms with van der Waals surface area (Å²) in [5, 5.41) is 9.29. The average Bonchev–Trinajstić information content (AvgIpc) is 2.77. The Bertz CT molecular complexity index is 387. The van der Waals surface area contributed by atoms with E-state index in [4.69, 9.17) is 0 Å². The minimum Gasteiger partial charge on any atom is -0.481 e. The predicted octanol–water partition coefficient (Wildman–Crippen LogP) is 2.65. The van der Waals surface area contributed by atoms with Crippen molar-refractivity contribution in [1.82, 2.24) is 9.55 Å². The number of carbonyl (C=O) groups is 1. The molecule has 0 bridgehead atoms. The van der Waals surface area contributed by atoms with Gasteiger partial charge in [-0.3, -0.25) is 4.79 Å². The van der Waals surface area contributed by atoms with Gasteiger partial charge in [-0.15, -0.1) is 0 Å². The highest BCUT2D eigenvalue weighted by atomic mass is 16.4. The van der Waals surface area contributed by atoms with Crippen molar-refractivity contribution in [2.24, 2.45) is 5.92 Å². The Morgan fingerprint density at radius 1 is 1.53 bits per heavy atom. The molecule has 1 aromatic heterocycles. The predicted molar refractivity (Wildman–Crippen MR) is 64.9 cm³/mol. The van der Waals surface area contributed by atoms with Crippen molar-refractivity contribution in [1.29, 1.82) is 0 Å². The van der Waals surface area contributed by atoms with E-state index < -0.39 is 5.97 Å². The van der Waals surface area contributed by atoms with Crippen molar-refractivity contribution in [2.45, 2.75) is 51.5 Å². The van der Waals surface area contributed by atoms with Gasteiger partial charge in [0.25, 0.3) is 0 Å². The Morgan fingerprint density at radius 2 is 2.29 bits per heavy atom. The molecule has 1 heterocycles. The van der Waals surface area contributed by atoms with Gasteiger partial charge in [-0.25, -0.2) is 4.98 Å². The number of hydrogen-bond donors (Lipinski definition) is 1. The molecule has 0 aliphatic heterocycles. The lowest BCUT2D eigenvalue weighted by molar-refractivity contribution is -0.143. The van der Waals surface area contributed by atoms with Crippen LogP contribution < -0.4 is 0 Å². The first-order chi connectivity index (χ1) is 8.24. The standard InChI is InChI=1S/C13H20N2O2/c1-2-8-15-9-7-14-12(15)10-5-3-4-6-11(10)13(16)17/h7,9-11H,2-6,8H2,1H3,(H,16,17). The van der Waals surface area contributed by atoms with Crippen molar-refractivity contribution in [2.75, 3.05) is 0 Å². The zero-order valence-electron chi connectivity index (χ0n) is 10.3. The van der Waals surface area contributed by atoms with Gasteiger partial charge in [0.05, 0.1) is 5.92 Å². The maximum absolute atomic E-state index is 11.3. The average molecular weight is 236 g/mol. The van der Waals surface area contributed by atoms with Crippen LogP contribution in [-0.4, -0.2) is 20.6 Å². The van der Waals surface area contributed by atoms with Crippen molar-refractivity contribution in [3.63, 3.8) is 0 Å². The van der Waals surface area contributed by atoms with Gasteiger partial charge in [-0.1, -0.05) is 19.8 Å². The van der Waals surface area contributed by atoms with E-state index in [0.717, 1.165) is 44.5 Å². The maximum atomic E-state index is 11.3. The third kappa shape index (κ3) is 2.51. The minimum absolute atomic E-state index is 0.0998. The second-order valence-corrected chi connectivity index (χ2v) is 4.81. The molecule has 17 heavy (non-hydrogen) atoms. The molecule has 0 radical (unpaired) electrons. The van der Waals surface area contributed by atoms with E-state index in [-0.39, 0.29) is 11.8 Å². The van der Waals surface area contributed by atoms with Crippen molar-refractivity contribution < 1.29 is 9.90 Å². The SMILES string of the molecule is CCCn1ccnc1C1CCCCC1C(=O)O. The van der Waals surface area contributed by atoms with Crippen LogP contribution in [0.25, 0.3) is 0 Å². The molecule has 0 amide bonds. The smallest absolute Gasteiger partial charge is 0.307 e. The zero-order chi connectivity index (χ0) is 12.3. The van der Waals surface area contributed by atoms with Gasteiger partial charge in [-0.05, 0) is 19.3 Å². The third-order valence-corrected chi connectivity index (χ3v) is 3.63. The maximum Gasteiger partial charge on any atom is 0.307 e. The Morgan fingerprint density at radius 3 is 3.00 bits per heavy atom. The monoisotopic (exact) mass is 236 g/mol. The highest BCUT2D eigenvalue weighted by Crippen LogP contribution is 2.37. The lowest BCUT2D eigenvalue weighted by atomic mass is 9.78. The van der Waals surface area contributed by atoms with Crippen LogP contribution in [0.3, 0.4) is 0 Å². The number of aliphatic carboxylic acids is 1. The first kappa shape index (κ1) is 12.1. The summed E-state index contributed by atoms with van der Waals surface area (Å²) in [6.45, 7) is 3.05. The molecule has 1 N–H and O–H groups in total. The molecule has 1 aliphatic rings. The fourth-order valence-corrected chi connectivity index (χ4v) is 2.81. The topological polar surface area (TPSA) is 55.1 Å². The van der Waals surface area contributed by atoms with Crippen LogP contribution >= 0.6 is 0 Å². The lowest BCUT2D eigenvalue weighted by Gasteiger charge is -2.28. The summed E-state index contributed by atoms with van der Waals surface area (Å²) in [6, 6.07) is 0. The quantitative estimate of drug-likeness (QED) is 0.874. The van der Waals surface area contributed by atoms with Gasteiger partial charge >= 0.3 is 5.97 Å². The lowest BCUT2D eigenvalue weighted by Crippen LogP contribution is -2.27. The first-order valence-corrected chi connectivity index (χ1v) is 6.48. The Kier molecular flexibility index (Phi) is 3.82. The van der Waals surface area contributed by atoms with E-state index in [1.54, 1.807) is 6.20 Å². The Hall–Kier alpha value is -1.32. The first-order valence-electron chi connectivity index (χ1n) is 6.48. The molecular formula is C13H20N2O2. The van der Waals surface area contributed by atoms with Crippen LogP contribution in [0.4, 0.5) is 0 Å². The summed E-state index contributed by atoms with van der Waals surface area (Å²) in [4.78, 5) is 15.7. The van der Waals surface area contributed by atoms with Crippen LogP contribution in [0.5, 0.6) is 0 Å². The number of carboxylic acids is 1. The summed E-state index contributed by atoms with van der Waals surface area (Å²) in [7, 11) is 0. The highest BCUT2D eigenvalue weighted by molar-refractivity contribution is 5.71. The van der Waals surface area contributed by atoms with Gasteiger partial charge in [0.2, 0.25) is 0 Å². The molecule has 4 nitrogen and oxygen atoms in total. The van der Waals surface area contributed by atoms with Crippen molar-refractivity contribution in [3.8, 4) is 0 Å².